The van der Waals surface area contributed by atoms with Crippen LogP contribution in [0.4, 0.5) is 5.69 Å². The zero-order valence-electron chi connectivity index (χ0n) is 22.4. The summed E-state index contributed by atoms with van der Waals surface area (Å²) in [5, 5.41) is 2.73. The highest BCUT2D eigenvalue weighted by molar-refractivity contribution is 7.92. The van der Waals surface area contributed by atoms with Gasteiger partial charge in [-0.2, -0.15) is 4.31 Å². The molecule has 0 aliphatic carbocycles. The van der Waals surface area contributed by atoms with Crippen LogP contribution in [0.3, 0.4) is 0 Å². The number of benzene rings is 3. The average Bonchev–Trinajstić information content (AvgIpc) is 2.99. The molecule has 1 amide bonds. The molecule has 1 atom stereocenters. The largest absolute Gasteiger partial charge is 0.492 e. The Balaban J connectivity index is 1.19. The quantitative estimate of drug-likeness (QED) is 0.369. The first-order valence-electron chi connectivity index (χ1n) is 13.1. The number of rotatable bonds is 9. The molecule has 0 radical (unpaired) electrons. The number of aryl methyl sites for hydroxylation is 1. The summed E-state index contributed by atoms with van der Waals surface area (Å²) in [6.07, 6.45) is -1.08. The summed E-state index contributed by atoms with van der Waals surface area (Å²) < 4.78 is 71.9. The normalized spacial score (nSPS) is 17.8. The van der Waals surface area contributed by atoms with Gasteiger partial charge in [-0.15, -0.1) is 0 Å². The second kappa shape index (κ2) is 12.1. The Hall–Kier alpha value is -3.65. The SMILES string of the molecule is Cc1ccc2c(c1)N(S(=O)(=O)c1ccccc1)C[C@H](C(=O)NCCOc1ccc(S(=O)(=O)N3CCOCC3)cc1)O2. The standard InChI is InChI=1S/C28H31N3O8S2/c1-21-7-12-26-25(19-21)31(41(35,36)23-5-3-2-4-6-23)20-27(39-26)28(32)29-13-16-38-22-8-10-24(11-9-22)40(33,34)30-14-17-37-18-15-30/h2-12,19,27H,13-18,20H2,1H3,(H,29,32)/t27-/m1/s1. The van der Waals surface area contributed by atoms with Gasteiger partial charge in [0.05, 0.1) is 41.8 Å². The molecule has 13 heteroatoms. The number of sulfonamides is 2. The van der Waals surface area contributed by atoms with Crippen LogP contribution in [-0.2, 0) is 29.6 Å². The highest BCUT2D eigenvalue weighted by Crippen LogP contribution is 2.37. The van der Waals surface area contributed by atoms with Gasteiger partial charge >= 0.3 is 0 Å². The number of carbonyl (C=O) groups excluding carboxylic acids is 1. The van der Waals surface area contributed by atoms with Gasteiger partial charge in [-0.25, -0.2) is 16.8 Å². The van der Waals surface area contributed by atoms with E-state index in [0.29, 0.717) is 43.5 Å². The van der Waals surface area contributed by atoms with Crippen LogP contribution in [0.25, 0.3) is 0 Å². The Kier molecular flexibility index (Phi) is 8.50. The fourth-order valence-corrected chi connectivity index (χ4v) is 7.44. The lowest BCUT2D eigenvalue weighted by molar-refractivity contribution is -0.127. The van der Waals surface area contributed by atoms with Crippen molar-refractivity contribution in [3.63, 3.8) is 0 Å². The van der Waals surface area contributed by atoms with E-state index < -0.39 is 32.1 Å². The number of anilines is 1. The van der Waals surface area contributed by atoms with Crippen molar-refractivity contribution in [1.29, 1.82) is 0 Å². The molecule has 0 aromatic heterocycles. The number of fused-ring (bicyclic) bond motifs is 1. The van der Waals surface area contributed by atoms with Crippen molar-refractivity contribution in [1.82, 2.24) is 9.62 Å². The number of carbonyl (C=O) groups is 1. The molecular weight excluding hydrogens is 570 g/mol. The van der Waals surface area contributed by atoms with Gasteiger partial charge in [-0.3, -0.25) is 9.10 Å². The Morgan fingerprint density at radius 3 is 2.32 bits per heavy atom. The van der Waals surface area contributed by atoms with Crippen molar-refractivity contribution in [2.75, 3.05) is 50.3 Å². The molecule has 2 heterocycles. The molecule has 0 unspecified atom stereocenters. The molecule has 1 N–H and O–H groups in total. The van der Waals surface area contributed by atoms with Gasteiger partial charge in [-0.05, 0) is 61.0 Å². The first kappa shape index (κ1) is 28.9. The lowest BCUT2D eigenvalue weighted by Gasteiger charge is -2.35. The minimum absolute atomic E-state index is 0.107. The number of hydrogen-bond donors (Lipinski definition) is 1. The molecule has 0 bridgehead atoms. The lowest BCUT2D eigenvalue weighted by atomic mass is 10.1. The maximum Gasteiger partial charge on any atom is 0.264 e. The molecule has 5 rings (SSSR count). The zero-order chi connectivity index (χ0) is 29.0. The fraction of sp³-hybridized carbons (Fsp3) is 0.321. The van der Waals surface area contributed by atoms with Gasteiger partial charge in [0.25, 0.3) is 15.9 Å². The predicted octanol–water partition coefficient (Wildman–Crippen LogP) is 2.17. The Labute approximate surface area is 239 Å². The van der Waals surface area contributed by atoms with Crippen molar-refractivity contribution in [3.8, 4) is 11.5 Å². The summed E-state index contributed by atoms with van der Waals surface area (Å²) in [6.45, 7) is 3.24. The highest BCUT2D eigenvalue weighted by Gasteiger charge is 2.37. The molecule has 0 spiro atoms. The van der Waals surface area contributed by atoms with Crippen molar-refractivity contribution in [2.24, 2.45) is 0 Å². The van der Waals surface area contributed by atoms with Crippen LogP contribution in [0.15, 0.2) is 82.6 Å². The van der Waals surface area contributed by atoms with E-state index in [1.54, 1.807) is 48.5 Å². The number of ether oxygens (including phenoxy) is 3. The van der Waals surface area contributed by atoms with Gasteiger partial charge in [-0.1, -0.05) is 24.3 Å². The van der Waals surface area contributed by atoms with E-state index in [1.165, 1.54) is 32.9 Å². The summed E-state index contributed by atoms with van der Waals surface area (Å²) in [4.78, 5) is 13.3. The number of nitrogens with one attached hydrogen (secondary N) is 1. The molecule has 1 fully saturated rings. The second-order valence-corrected chi connectivity index (χ2v) is 13.4. The van der Waals surface area contributed by atoms with Crippen LogP contribution in [0, 0.1) is 6.92 Å². The first-order valence-corrected chi connectivity index (χ1v) is 16.0. The third-order valence-corrected chi connectivity index (χ3v) is 10.4. The van der Waals surface area contributed by atoms with E-state index in [1.807, 2.05) is 6.92 Å². The van der Waals surface area contributed by atoms with Crippen LogP contribution in [0.2, 0.25) is 0 Å². The first-order chi connectivity index (χ1) is 19.7. The van der Waals surface area contributed by atoms with Crippen molar-refractivity contribution in [2.45, 2.75) is 22.8 Å². The van der Waals surface area contributed by atoms with Gasteiger partial charge < -0.3 is 19.5 Å². The van der Waals surface area contributed by atoms with Crippen LogP contribution >= 0.6 is 0 Å². The average molecular weight is 602 g/mol. The van der Waals surface area contributed by atoms with Crippen molar-refractivity contribution < 1.29 is 35.8 Å². The van der Waals surface area contributed by atoms with Crippen molar-refractivity contribution in [3.05, 3.63) is 78.4 Å². The summed E-state index contributed by atoms with van der Waals surface area (Å²) in [5.41, 5.74) is 1.23. The Morgan fingerprint density at radius 1 is 0.927 bits per heavy atom. The van der Waals surface area contributed by atoms with Crippen LogP contribution in [0.5, 0.6) is 11.5 Å². The molecule has 2 aliphatic heterocycles. The zero-order valence-corrected chi connectivity index (χ0v) is 24.1. The smallest absolute Gasteiger partial charge is 0.264 e. The van der Waals surface area contributed by atoms with E-state index in [-0.39, 0.29) is 29.5 Å². The third-order valence-electron chi connectivity index (χ3n) is 6.71. The molecule has 41 heavy (non-hydrogen) atoms. The molecule has 2 aliphatic rings. The third kappa shape index (κ3) is 6.32. The minimum Gasteiger partial charge on any atom is -0.492 e. The number of hydrogen-bond acceptors (Lipinski definition) is 8. The maximum absolute atomic E-state index is 13.5. The van der Waals surface area contributed by atoms with Gasteiger partial charge in [0, 0.05) is 13.1 Å². The number of nitrogens with zero attached hydrogens (tertiary/aromatic N) is 2. The maximum atomic E-state index is 13.5. The van der Waals surface area contributed by atoms with E-state index in [4.69, 9.17) is 14.2 Å². The monoisotopic (exact) mass is 601 g/mol. The van der Waals surface area contributed by atoms with Gasteiger partial charge in [0.15, 0.2) is 6.10 Å². The summed E-state index contributed by atoms with van der Waals surface area (Å²) in [7, 11) is -7.55. The highest BCUT2D eigenvalue weighted by atomic mass is 32.2. The lowest BCUT2D eigenvalue weighted by Crippen LogP contribution is -2.51. The Bertz CT molecular complexity index is 1590. The fourth-order valence-electron chi connectivity index (χ4n) is 4.55. The Morgan fingerprint density at radius 2 is 1.61 bits per heavy atom. The summed E-state index contributed by atoms with van der Waals surface area (Å²) >= 11 is 0. The van der Waals surface area contributed by atoms with Crippen molar-refractivity contribution >= 4 is 31.6 Å². The van der Waals surface area contributed by atoms with Crippen LogP contribution in [0.1, 0.15) is 5.56 Å². The van der Waals surface area contributed by atoms with Crippen LogP contribution in [-0.4, -0.2) is 79.2 Å². The molecule has 0 saturated carbocycles. The van der Waals surface area contributed by atoms with Crippen LogP contribution < -0.4 is 19.1 Å². The molecule has 3 aromatic rings. The summed E-state index contributed by atoms with van der Waals surface area (Å²) in [5.74, 6) is 0.253. The van der Waals surface area contributed by atoms with Gasteiger partial charge in [0.2, 0.25) is 10.0 Å². The van der Waals surface area contributed by atoms with E-state index in [0.717, 1.165) is 5.56 Å². The molecular formula is C28H31N3O8S2. The summed E-state index contributed by atoms with van der Waals surface area (Å²) in [6, 6.07) is 19.3. The molecule has 3 aromatic carbocycles. The van der Waals surface area contributed by atoms with E-state index in [2.05, 4.69) is 5.32 Å². The predicted molar refractivity (Wildman–Crippen MR) is 151 cm³/mol. The van der Waals surface area contributed by atoms with E-state index in [9.17, 15) is 21.6 Å². The van der Waals surface area contributed by atoms with E-state index >= 15 is 0 Å². The molecule has 218 valence electrons. The topological polar surface area (TPSA) is 132 Å². The number of morpholine rings is 1. The minimum atomic E-state index is -3.94. The van der Waals surface area contributed by atoms with Gasteiger partial charge in [0.1, 0.15) is 18.1 Å². The second-order valence-electron chi connectivity index (χ2n) is 9.55. The number of amides is 1. The molecule has 1 saturated heterocycles. The molecule has 11 nitrogen and oxygen atoms in total.